The van der Waals surface area contributed by atoms with E-state index in [2.05, 4.69) is 5.32 Å². The maximum Gasteiger partial charge on any atom is 0.329 e. The van der Waals surface area contributed by atoms with E-state index in [1.807, 2.05) is 0 Å². The lowest BCUT2D eigenvalue weighted by molar-refractivity contribution is -0.131. The number of anilines is 1. The van der Waals surface area contributed by atoms with Crippen molar-refractivity contribution in [3.05, 3.63) is 36.3 Å². The molecule has 0 aliphatic carbocycles. The maximum atomic E-state index is 13.0. The third kappa shape index (κ3) is 3.30. The maximum absolute atomic E-state index is 13.0. The van der Waals surface area contributed by atoms with Crippen LogP contribution in [0.4, 0.5) is 10.1 Å². The van der Waals surface area contributed by atoms with E-state index in [0.717, 1.165) is 6.08 Å². The fraction of sp³-hybridized carbons (Fsp3) is 0.100. The van der Waals surface area contributed by atoms with Crippen LogP contribution in [0.15, 0.2) is 30.5 Å². The van der Waals surface area contributed by atoms with Crippen LogP contribution < -0.4 is 10.1 Å². The Hall–Kier alpha value is -2.04. The number of hydrogen-bond donors (Lipinski definition) is 2. The zero-order valence-electron chi connectivity index (χ0n) is 8.03. The molecule has 0 unspecified atom stereocenters. The second kappa shape index (κ2) is 4.99. The summed E-state index contributed by atoms with van der Waals surface area (Å²) in [6.45, 7) is 0. The summed E-state index contributed by atoms with van der Waals surface area (Å²) in [6, 6.07) is 4.14. The molecule has 0 heterocycles. The first-order valence-electron chi connectivity index (χ1n) is 4.13. The minimum Gasteiger partial charge on any atom is -0.494 e. The topological polar surface area (TPSA) is 58.6 Å². The average molecular weight is 211 g/mol. The summed E-state index contributed by atoms with van der Waals surface area (Å²) in [5.74, 6) is -1.43. The molecule has 1 aromatic rings. The highest BCUT2D eigenvalue weighted by Gasteiger charge is 2.01. The van der Waals surface area contributed by atoms with Crippen LogP contribution in [0.2, 0.25) is 0 Å². The van der Waals surface area contributed by atoms with Crippen LogP contribution in [-0.4, -0.2) is 18.2 Å². The lowest BCUT2D eigenvalue weighted by Gasteiger charge is -2.04. The van der Waals surface area contributed by atoms with Crippen LogP contribution >= 0.6 is 0 Å². The molecule has 0 bridgehead atoms. The fourth-order valence-electron chi connectivity index (χ4n) is 0.959. The molecule has 0 saturated heterocycles. The van der Waals surface area contributed by atoms with E-state index in [9.17, 15) is 9.18 Å². The van der Waals surface area contributed by atoms with Crippen molar-refractivity contribution in [3.63, 3.8) is 0 Å². The molecule has 1 aromatic carbocycles. The van der Waals surface area contributed by atoms with E-state index in [-0.39, 0.29) is 5.75 Å². The van der Waals surface area contributed by atoms with Crippen LogP contribution in [0.25, 0.3) is 0 Å². The number of benzene rings is 1. The van der Waals surface area contributed by atoms with Gasteiger partial charge in [0, 0.05) is 24.0 Å². The predicted molar refractivity (Wildman–Crippen MR) is 53.4 cm³/mol. The molecule has 2 N–H and O–H groups in total. The quantitative estimate of drug-likeness (QED) is 0.746. The average Bonchev–Trinajstić information content (AvgIpc) is 2.20. The molecule has 0 radical (unpaired) electrons. The SMILES string of the molecule is COc1cc(N/C=C/C(=O)O)ccc1F. The van der Waals surface area contributed by atoms with Crippen LogP contribution in [0.1, 0.15) is 0 Å². The number of carboxylic acid groups (broad SMARTS) is 1. The summed E-state index contributed by atoms with van der Waals surface area (Å²) in [7, 11) is 1.36. The van der Waals surface area contributed by atoms with Gasteiger partial charge in [-0.1, -0.05) is 0 Å². The number of carboxylic acids is 1. The molecular formula is C10H10FNO3. The highest BCUT2D eigenvalue weighted by Crippen LogP contribution is 2.21. The highest BCUT2D eigenvalue weighted by molar-refractivity contribution is 5.80. The van der Waals surface area contributed by atoms with Gasteiger partial charge in [-0.25, -0.2) is 9.18 Å². The first kappa shape index (κ1) is 11.0. The number of ether oxygens (including phenoxy) is 1. The Morgan fingerprint density at radius 3 is 2.93 bits per heavy atom. The van der Waals surface area contributed by atoms with Gasteiger partial charge in [-0.2, -0.15) is 0 Å². The summed E-state index contributed by atoms with van der Waals surface area (Å²) in [5, 5.41) is 11.0. The molecule has 0 atom stereocenters. The Morgan fingerprint density at radius 1 is 1.60 bits per heavy atom. The molecule has 0 amide bonds. The zero-order valence-corrected chi connectivity index (χ0v) is 8.03. The van der Waals surface area contributed by atoms with E-state index in [4.69, 9.17) is 9.84 Å². The molecular weight excluding hydrogens is 201 g/mol. The third-order valence-corrected chi connectivity index (χ3v) is 1.63. The van der Waals surface area contributed by atoms with Gasteiger partial charge < -0.3 is 15.2 Å². The first-order chi connectivity index (χ1) is 7.13. The molecule has 0 aromatic heterocycles. The fourth-order valence-corrected chi connectivity index (χ4v) is 0.959. The Balaban J connectivity index is 2.74. The normalized spacial score (nSPS) is 10.3. The predicted octanol–water partition coefficient (Wildman–Crippen LogP) is 1.84. The molecule has 15 heavy (non-hydrogen) atoms. The van der Waals surface area contributed by atoms with Gasteiger partial charge in [0.2, 0.25) is 0 Å². The van der Waals surface area contributed by atoms with E-state index in [1.54, 1.807) is 0 Å². The van der Waals surface area contributed by atoms with Crippen molar-refractivity contribution >= 4 is 11.7 Å². The lowest BCUT2D eigenvalue weighted by Crippen LogP contribution is -1.94. The van der Waals surface area contributed by atoms with Gasteiger partial charge >= 0.3 is 5.97 Å². The lowest BCUT2D eigenvalue weighted by atomic mass is 10.3. The molecule has 80 valence electrons. The van der Waals surface area contributed by atoms with Crippen LogP contribution in [0, 0.1) is 5.82 Å². The van der Waals surface area contributed by atoms with Gasteiger partial charge in [-0.15, -0.1) is 0 Å². The van der Waals surface area contributed by atoms with Crippen LogP contribution in [-0.2, 0) is 4.79 Å². The van der Waals surface area contributed by atoms with Crippen molar-refractivity contribution < 1.29 is 19.0 Å². The van der Waals surface area contributed by atoms with Gasteiger partial charge in [-0.05, 0) is 12.1 Å². The Morgan fingerprint density at radius 2 is 2.33 bits per heavy atom. The number of rotatable bonds is 4. The number of nitrogens with one attached hydrogen (secondary N) is 1. The van der Waals surface area contributed by atoms with Crippen molar-refractivity contribution in [1.29, 1.82) is 0 Å². The van der Waals surface area contributed by atoms with Crippen molar-refractivity contribution in [1.82, 2.24) is 0 Å². The van der Waals surface area contributed by atoms with Crippen molar-refractivity contribution in [2.45, 2.75) is 0 Å². The zero-order chi connectivity index (χ0) is 11.3. The van der Waals surface area contributed by atoms with Gasteiger partial charge in [0.05, 0.1) is 7.11 Å². The number of halogens is 1. The van der Waals surface area contributed by atoms with Crippen molar-refractivity contribution in [2.75, 3.05) is 12.4 Å². The second-order valence-corrected chi connectivity index (χ2v) is 2.67. The minimum atomic E-state index is -1.06. The van der Waals surface area contributed by atoms with Gasteiger partial charge in [0.25, 0.3) is 0 Å². The first-order valence-corrected chi connectivity index (χ1v) is 4.13. The number of carbonyl (C=O) groups is 1. The van der Waals surface area contributed by atoms with Gasteiger partial charge in [-0.3, -0.25) is 0 Å². The van der Waals surface area contributed by atoms with Gasteiger partial charge in [0.1, 0.15) is 0 Å². The van der Waals surface area contributed by atoms with Crippen LogP contribution in [0.3, 0.4) is 0 Å². The van der Waals surface area contributed by atoms with Crippen molar-refractivity contribution in [2.24, 2.45) is 0 Å². The van der Waals surface area contributed by atoms with Crippen LogP contribution in [0.5, 0.6) is 5.75 Å². The summed E-state index contributed by atoms with van der Waals surface area (Å²) in [5.41, 5.74) is 0.547. The summed E-state index contributed by atoms with van der Waals surface area (Å²) in [6.07, 6.45) is 2.19. The Kier molecular flexibility index (Phi) is 3.68. The van der Waals surface area contributed by atoms with E-state index in [0.29, 0.717) is 5.69 Å². The third-order valence-electron chi connectivity index (χ3n) is 1.63. The number of methoxy groups -OCH3 is 1. The molecule has 0 saturated carbocycles. The molecule has 1 rings (SSSR count). The number of hydrogen-bond acceptors (Lipinski definition) is 3. The summed E-state index contributed by atoms with van der Waals surface area (Å²) in [4.78, 5) is 10.2. The van der Waals surface area contributed by atoms with E-state index >= 15 is 0 Å². The molecule has 0 aliphatic rings. The molecule has 4 nitrogen and oxygen atoms in total. The molecule has 0 aliphatic heterocycles. The molecule has 0 spiro atoms. The number of aliphatic carboxylic acids is 1. The molecule has 5 heteroatoms. The molecule has 0 fully saturated rings. The van der Waals surface area contributed by atoms with Gasteiger partial charge in [0.15, 0.2) is 11.6 Å². The minimum absolute atomic E-state index is 0.101. The largest absolute Gasteiger partial charge is 0.494 e. The monoisotopic (exact) mass is 211 g/mol. The Labute approximate surface area is 86.0 Å². The standard InChI is InChI=1S/C10H10FNO3/c1-15-9-6-7(2-3-8(9)11)12-5-4-10(13)14/h2-6,12H,1H3,(H,13,14)/b5-4+. The Bertz CT molecular complexity index is 390. The summed E-state index contributed by atoms with van der Waals surface area (Å²) < 4.78 is 17.7. The smallest absolute Gasteiger partial charge is 0.329 e. The highest BCUT2D eigenvalue weighted by atomic mass is 19.1. The van der Waals surface area contributed by atoms with E-state index < -0.39 is 11.8 Å². The van der Waals surface area contributed by atoms with E-state index in [1.165, 1.54) is 31.5 Å². The summed E-state index contributed by atoms with van der Waals surface area (Å²) >= 11 is 0. The second-order valence-electron chi connectivity index (χ2n) is 2.67. The van der Waals surface area contributed by atoms with Crippen molar-refractivity contribution in [3.8, 4) is 5.75 Å².